The monoisotopic (exact) mass is 301 g/mol. The van der Waals surface area contributed by atoms with Gasteiger partial charge in [0, 0.05) is 18.9 Å². The molecule has 0 fully saturated rings. The summed E-state index contributed by atoms with van der Waals surface area (Å²) in [5.74, 6) is 1.23. The normalized spacial score (nSPS) is 17.1. The number of aromatic nitrogens is 2. The van der Waals surface area contributed by atoms with Gasteiger partial charge >= 0.3 is 0 Å². The molecule has 0 saturated heterocycles. The highest BCUT2D eigenvalue weighted by Gasteiger charge is 2.21. The minimum Gasteiger partial charge on any atom is -0.377 e. The number of hydrogen-bond donors (Lipinski definition) is 1. The van der Waals surface area contributed by atoms with Crippen molar-refractivity contribution in [2.24, 2.45) is 0 Å². The summed E-state index contributed by atoms with van der Waals surface area (Å²) in [4.78, 5) is 8.81. The Labute approximate surface area is 129 Å². The second-order valence-electron chi connectivity index (χ2n) is 5.68. The number of fused-ring (bicyclic) bond motifs is 1. The number of nitrogens with zero attached hydrogens (tertiary/aromatic N) is 2. The number of rotatable bonds is 4. The van der Waals surface area contributed by atoms with Crippen LogP contribution in [0.1, 0.15) is 41.5 Å². The fourth-order valence-electron chi connectivity index (χ4n) is 3.00. The van der Waals surface area contributed by atoms with Crippen LogP contribution in [0.4, 0.5) is 10.2 Å². The Morgan fingerprint density at radius 1 is 1.32 bits per heavy atom. The number of methoxy groups -OCH3 is 1. The van der Waals surface area contributed by atoms with Gasteiger partial charge in [0.05, 0.1) is 6.04 Å². The van der Waals surface area contributed by atoms with Crippen LogP contribution < -0.4 is 5.32 Å². The van der Waals surface area contributed by atoms with E-state index in [1.807, 2.05) is 19.1 Å². The van der Waals surface area contributed by atoms with Crippen LogP contribution in [0.15, 0.2) is 24.3 Å². The van der Waals surface area contributed by atoms with Gasteiger partial charge in [-0.1, -0.05) is 6.07 Å². The molecule has 1 atom stereocenters. The molecule has 0 saturated carbocycles. The van der Waals surface area contributed by atoms with Gasteiger partial charge in [-0.2, -0.15) is 0 Å². The minimum atomic E-state index is -0.189. The van der Waals surface area contributed by atoms with Crippen molar-refractivity contribution in [1.82, 2.24) is 9.97 Å². The molecule has 22 heavy (non-hydrogen) atoms. The largest absolute Gasteiger partial charge is 0.377 e. The van der Waals surface area contributed by atoms with E-state index in [1.165, 1.54) is 11.6 Å². The van der Waals surface area contributed by atoms with Gasteiger partial charge in [0.15, 0.2) is 5.82 Å². The van der Waals surface area contributed by atoms with E-state index in [2.05, 4.69) is 15.3 Å². The quantitative estimate of drug-likeness (QED) is 0.938. The van der Waals surface area contributed by atoms with Crippen LogP contribution in [0.3, 0.4) is 0 Å². The van der Waals surface area contributed by atoms with Crippen molar-refractivity contribution in [3.8, 4) is 0 Å². The first-order chi connectivity index (χ1) is 10.7. The Bertz CT molecular complexity index is 675. The molecule has 0 amide bonds. The third-order valence-corrected chi connectivity index (χ3v) is 3.92. The van der Waals surface area contributed by atoms with Crippen molar-refractivity contribution < 1.29 is 9.13 Å². The summed E-state index contributed by atoms with van der Waals surface area (Å²) in [6.45, 7) is 2.31. The van der Waals surface area contributed by atoms with Gasteiger partial charge < -0.3 is 10.1 Å². The number of benzene rings is 1. The van der Waals surface area contributed by atoms with Crippen LogP contribution in [-0.2, 0) is 17.8 Å². The van der Waals surface area contributed by atoms with Crippen molar-refractivity contribution >= 4 is 5.82 Å². The zero-order chi connectivity index (χ0) is 15.5. The lowest BCUT2D eigenvalue weighted by atomic mass is 9.87. The highest BCUT2D eigenvalue weighted by molar-refractivity contribution is 5.43. The first-order valence-electron chi connectivity index (χ1n) is 7.54. The van der Waals surface area contributed by atoms with Crippen LogP contribution in [0.2, 0.25) is 0 Å². The average molecular weight is 301 g/mol. The molecule has 1 N–H and O–H groups in total. The third-order valence-electron chi connectivity index (χ3n) is 3.92. The van der Waals surface area contributed by atoms with E-state index in [4.69, 9.17) is 4.74 Å². The van der Waals surface area contributed by atoms with E-state index in [1.54, 1.807) is 13.2 Å². The Morgan fingerprint density at radius 2 is 2.18 bits per heavy atom. The Kier molecular flexibility index (Phi) is 4.34. The minimum absolute atomic E-state index is 0.0872. The maximum Gasteiger partial charge on any atom is 0.156 e. The molecule has 0 bridgehead atoms. The average Bonchev–Trinajstić information content (AvgIpc) is 2.48. The first kappa shape index (κ1) is 14.9. The standard InChI is InChI=1S/C17H20FN3O/c1-11-8-16(21-17(19-11)10-22-2)20-15-5-3-4-12-6-7-13(18)9-14(12)15/h6-9,15H,3-5,10H2,1-2H3,(H,19,20,21). The smallest absolute Gasteiger partial charge is 0.156 e. The topological polar surface area (TPSA) is 47.0 Å². The molecule has 0 spiro atoms. The van der Waals surface area contributed by atoms with Crippen LogP contribution in [0, 0.1) is 12.7 Å². The van der Waals surface area contributed by atoms with Crippen molar-refractivity contribution in [3.05, 3.63) is 52.7 Å². The molecule has 1 unspecified atom stereocenters. The summed E-state index contributed by atoms with van der Waals surface area (Å²) in [5, 5.41) is 3.43. The molecule has 0 radical (unpaired) electrons. The lowest BCUT2D eigenvalue weighted by Gasteiger charge is -2.27. The Hall–Kier alpha value is -2.01. The first-order valence-corrected chi connectivity index (χ1v) is 7.54. The fraction of sp³-hybridized carbons (Fsp3) is 0.412. The number of halogens is 1. The number of ether oxygens (including phenoxy) is 1. The molecule has 4 nitrogen and oxygen atoms in total. The summed E-state index contributed by atoms with van der Waals surface area (Å²) < 4.78 is 18.7. The van der Waals surface area contributed by atoms with E-state index >= 15 is 0 Å². The van der Waals surface area contributed by atoms with Gasteiger partial charge in [0.25, 0.3) is 0 Å². The molecular formula is C17H20FN3O. The SMILES string of the molecule is COCc1nc(C)cc(NC2CCCc3ccc(F)cc32)n1. The van der Waals surface area contributed by atoms with Crippen LogP contribution in [-0.4, -0.2) is 17.1 Å². The van der Waals surface area contributed by atoms with Crippen LogP contribution in [0.25, 0.3) is 0 Å². The zero-order valence-corrected chi connectivity index (χ0v) is 12.9. The molecule has 5 heteroatoms. The highest BCUT2D eigenvalue weighted by Crippen LogP contribution is 2.32. The lowest BCUT2D eigenvalue weighted by Crippen LogP contribution is -2.19. The summed E-state index contributed by atoms with van der Waals surface area (Å²) in [6.07, 6.45) is 3.07. The molecular weight excluding hydrogens is 281 g/mol. The summed E-state index contributed by atoms with van der Waals surface area (Å²) in [7, 11) is 1.62. The molecule has 1 aliphatic rings. The van der Waals surface area contributed by atoms with Gasteiger partial charge in [-0.15, -0.1) is 0 Å². The Morgan fingerprint density at radius 3 is 3.00 bits per heavy atom. The summed E-state index contributed by atoms with van der Waals surface area (Å²) >= 11 is 0. The van der Waals surface area contributed by atoms with Crippen LogP contribution in [0.5, 0.6) is 0 Å². The van der Waals surface area contributed by atoms with Gasteiger partial charge in [0.2, 0.25) is 0 Å². The highest BCUT2D eigenvalue weighted by atomic mass is 19.1. The maximum atomic E-state index is 13.6. The second kappa shape index (κ2) is 6.40. The zero-order valence-electron chi connectivity index (χ0n) is 12.9. The summed E-state index contributed by atoms with van der Waals surface area (Å²) in [5.41, 5.74) is 3.14. The van der Waals surface area contributed by atoms with Crippen molar-refractivity contribution in [3.63, 3.8) is 0 Å². The maximum absolute atomic E-state index is 13.6. The second-order valence-corrected chi connectivity index (χ2v) is 5.68. The molecule has 1 aromatic heterocycles. The molecule has 0 aliphatic heterocycles. The van der Waals surface area contributed by atoms with Crippen molar-refractivity contribution in [2.45, 2.75) is 38.8 Å². The van der Waals surface area contributed by atoms with Crippen LogP contribution >= 0.6 is 0 Å². The lowest BCUT2D eigenvalue weighted by molar-refractivity contribution is 0.177. The van der Waals surface area contributed by atoms with Gasteiger partial charge in [-0.25, -0.2) is 14.4 Å². The van der Waals surface area contributed by atoms with E-state index in [-0.39, 0.29) is 11.9 Å². The molecule has 1 aliphatic carbocycles. The fourth-order valence-corrected chi connectivity index (χ4v) is 3.00. The molecule has 2 aromatic rings. The molecule has 116 valence electrons. The van der Waals surface area contributed by atoms with Crippen molar-refractivity contribution in [2.75, 3.05) is 12.4 Å². The molecule has 1 aromatic carbocycles. The Balaban J connectivity index is 1.87. The van der Waals surface area contributed by atoms with E-state index in [9.17, 15) is 4.39 Å². The predicted molar refractivity (Wildman–Crippen MR) is 83.2 cm³/mol. The molecule has 1 heterocycles. The van der Waals surface area contributed by atoms with E-state index in [0.29, 0.717) is 12.4 Å². The summed E-state index contributed by atoms with van der Waals surface area (Å²) in [6, 6.07) is 7.06. The number of anilines is 1. The van der Waals surface area contributed by atoms with E-state index in [0.717, 1.165) is 36.3 Å². The van der Waals surface area contributed by atoms with Crippen molar-refractivity contribution in [1.29, 1.82) is 0 Å². The van der Waals surface area contributed by atoms with Gasteiger partial charge in [-0.3, -0.25) is 0 Å². The number of hydrogen-bond acceptors (Lipinski definition) is 4. The van der Waals surface area contributed by atoms with Gasteiger partial charge in [-0.05, 0) is 49.4 Å². The molecule has 3 rings (SSSR count). The number of aryl methyl sites for hydroxylation is 2. The predicted octanol–water partition coefficient (Wildman–Crippen LogP) is 3.56. The third kappa shape index (κ3) is 3.25. The van der Waals surface area contributed by atoms with E-state index < -0.39 is 0 Å². The van der Waals surface area contributed by atoms with Gasteiger partial charge in [0.1, 0.15) is 18.2 Å². The number of nitrogens with one attached hydrogen (secondary N) is 1.